The van der Waals surface area contributed by atoms with E-state index in [-0.39, 0.29) is 5.91 Å². The van der Waals surface area contributed by atoms with Crippen LogP contribution >= 0.6 is 11.6 Å². The molecule has 0 bridgehead atoms. The van der Waals surface area contributed by atoms with E-state index in [2.05, 4.69) is 17.2 Å². The number of anilines is 2. The molecule has 0 heterocycles. The van der Waals surface area contributed by atoms with Crippen LogP contribution in [0.25, 0.3) is 0 Å². The number of carbonyl (C=O) groups excluding carboxylic acids is 1. The number of hydrogen-bond acceptors (Lipinski definition) is 3. The normalized spacial score (nSPS) is 9.76. The Morgan fingerprint density at radius 2 is 2.24 bits per heavy atom. The molecule has 1 rings (SSSR count). The van der Waals surface area contributed by atoms with Gasteiger partial charge in [0.1, 0.15) is 0 Å². The predicted octanol–water partition coefficient (Wildman–Crippen LogP) is 2.18. The molecule has 4 N–H and O–H groups in total. The van der Waals surface area contributed by atoms with E-state index >= 15 is 0 Å². The van der Waals surface area contributed by atoms with Crippen LogP contribution in [0.4, 0.5) is 11.4 Å². The summed E-state index contributed by atoms with van der Waals surface area (Å²) in [6.07, 6.45) is 0. The smallest absolute Gasteiger partial charge is 0.251 e. The minimum absolute atomic E-state index is 0.132. The van der Waals surface area contributed by atoms with Crippen molar-refractivity contribution >= 4 is 28.9 Å². The number of hydrogen-bond donors (Lipinski definition) is 3. The van der Waals surface area contributed by atoms with Gasteiger partial charge in [-0.1, -0.05) is 18.2 Å². The van der Waals surface area contributed by atoms with Crippen molar-refractivity contribution in [1.82, 2.24) is 5.32 Å². The number of nitrogen functional groups attached to an aromatic ring is 1. The molecule has 1 amide bonds. The average molecular weight is 254 g/mol. The summed E-state index contributed by atoms with van der Waals surface area (Å²) in [5, 5.41) is 6.23. The maximum atomic E-state index is 11.6. The second kappa shape index (κ2) is 6.15. The highest BCUT2D eigenvalue weighted by Crippen LogP contribution is 2.20. The van der Waals surface area contributed by atoms with Crippen molar-refractivity contribution in [2.45, 2.75) is 6.92 Å². The fraction of sp³-hybridized carbons (Fsp3) is 0.250. The van der Waals surface area contributed by atoms with Gasteiger partial charge in [0.2, 0.25) is 0 Å². The van der Waals surface area contributed by atoms with E-state index in [0.717, 1.165) is 5.69 Å². The highest BCUT2D eigenvalue weighted by Gasteiger charge is 2.06. The summed E-state index contributed by atoms with van der Waals surface area (Å²) < 4.78 is 0. The third-order valence-electron chi connectivity index (χ3n) is 2.12. The van der Waals surface area contributed by atoms with Crippen molar-refractivity contribution in [2.24, 2.45) is 0 Å². The molecule has 0 radical (unpaired) electrons. The second-order valence-electron chi connectivity index (χ2n) is 3.53. The van der Waals surface area contributed by atoms with Crippen LogP contribution < -0.4 is 16.4 Å². The zero-order valence-corrected chi connectivity index (χ0v) is 10.5. The molecule has 0 saturated carbocycles. The van der Waals surface area contributed by atoms with E-state index < -0.39 is 0 Å². The molecule has 0 aliphatic heterocycles. The number of halogens is 1. The van der Waals surface area contributed by atoms with Crippen LogP contribution in [0.3, 0.4) is 0 Å². The topological polar surface area (TPSA) is 67.2 Å². The molecular weight excluding hydrogens is 238 g/mol. The fourth-order valence-corrected chi connectivity index (χ4v) is 1.39. The van der Waals surface area contributed by atoms with Gasteiger partial charge in [-0.25, -0.2) is 0 Å². The molecule has 17 heavy (non-hydrogen) atoms. The van der Waals surface area contributed by atoms with Gasteiger partial charge in [0.25, 0.3) is 5.91 Å². The Morgan fingerprint density at radius 3 is 2.76 bits per heavy atom. The zero-order valence-electron chi connectivity index (χ0n) is 9.72. The van der Waals surface area contributed by atoms with Crippen LogP contribution in [0.1, 0.15) is 17.3 Å². The molecule has 0 aliphatic rings. The lowest BCUT2D eigenvalue weighted by molar-refractivity contribution is 0.0956. The Labute approximate surface area is 106 Å². The van der Waals surface area contributed by atoms with Crippen LogP contribution in [0.5, 0.6) is 0 Å². The SMILES string of the molecule is C=C(Cl)CNc1ccc(C(=O)NCC)cc1N. The predicted molar refractivity (Wildman–Crippen MR) is 72.3 cm³/mol. The molecule has 0 fully saturated rings. The number of carbonyl (C=O) groups is 1. The maximum Gasteiger partial charge on any atom is 0.251 e. The van der Waals surface area contributed by atoms with Gasteiger partial charge in [0.05, 0.1) is 17.9 Å². The van der Waals surface area contributed by atoms with E-state index in [1.165, 1.54) is 0 Å². The van der Waals surface area contributed by atoms with Gasteiger partial charge in [-0.15, -0.1) is 0 Å². The molecule has 1 aromatic rings. The highest BCUT2D eigenvalue weighted by atomic mass is 35.5. The second-order valence-corrected chi connectivity index (χ2v) is 4.07. The summed E-state index contributed by atoms with van der Waals surface area (Å²) >= 11 is 5.64. The Hall–Kier alpha value is -1.68. The van der Waals surface area contributed by atoms with Gasteiger partial charge in [0.15, 0.2) is 0 Å². The van der Waals surface area contributed by atoms with Crippen molar-refractivity contribution in [2.75, 3.05) is 24.1 Å². The molecule has 1 aromatic carbocycles. The first-order valence-corrected chi connectivity index (χ1v) is 5.67. The number of nitrogens with one attached hydrogen (secondary N) is 2. The van der Waals surface area contributed by atoms with Gasteiger partial charge in [0, 0.05) is 17.1 Å². The molecule has 0 aromatic heterocycles. The molecule has 0 saturated heterocycles. The van der Waals surface area contributed by atoms with E-state index in [1.54, 1.807) is 18.2 Å². The Balaban J connectivity index is 2.78. The Bertz CT molecular complexity index is 432. The van der Waals surface area contributed by atoms with Gasteiger partial charge >= 0.3 is 0 Å². The van der Waals surface area contributed by atoms with Crippen molar-refractivity contribution < 1.29 is 4.79 Å². The lowest BCUT2D eigenvalue weighted by Crippen LogP contribution is -2.22. The first-order valence-electron chi connectivity index (χ1n) is 5.29. The standard InChI is InChI=1S/C12H16ClN3O/c1-3-15-12(17)9-4-5-11(10(14)6-9)16-7-8(2)13/h4-6,16H,2-3,7,14H2,1H3,(H,15,17). The quantitative estimate of drug-likeness (QED) is 0.705. The van der Waals surface area contributed by atoms with Gasteiger partial charge in [-0.2, -0.15) is 0 Å². The summed E-state index contributed by atoms with van der Waals surface area (Å²) in [5.41, 5.74) is 7.61. The average Bonchev–Trinajstić information content (AvgIpc) is 2.27. The summed E-state index contributed by atoms with van der Waals surface area (Å²) in [6.45, 7) is 6.46. The van der Waals surface area contributed by atoms with Crippen molar-refractivity contribution in [3.8, 4) is 0 Å². The first-order chi connectivity index (χ1) is 8.04. The Kier molecular flexibility index (Phi) is 4.84. The highest BCUT2D eigenvalue weighted by molar-refractivity contribution is 6.29. The van der Waals surface area contributed by atoms with Gasteiger partial charge in [-0.3, -0.25) is 4.79 Å². The number of benzene rings is 1. The van der Waals surface area contributed by atoms with Crippen LogP contribution in [-0.4, -0.2) is 19.0 Å². The maximum absolute atomic E-state index is 11.6. The minimum Gasteiger partial charge on any atom is -0.397 e. The number of amides is 1. The Morgan fingerprint density at radius 1 is 1.53 bits per heavy atom. The van der Waals surface area contributed by atoms with Gasteiger partial charge in [-0.05, 0) is 25.1 Å². The first kappa shape index (κ1) is 13.4. The van der Waals surface area contributed by atoms with E-state index in [9.17, 15) is 4.79 Å². The van der Waals surface area contributed by atoms with E-state index in [4.69, 9.17) is 17.3 Å². The molecule has 0 atom stereocenters. The molecular formula is C12H16ClN3O. The molecule has 92 valence electrons. The monoisotopic (exact) mass is 253 g/mol. The summed E-state index contributed by atoms with van der Waals surface area (Å²) in [7, 11) is 0. The number of rotatable bonds is 5. The largest absolute Gasteiger partial charge is 0.397 e. The van der Waals surface area contributed by atoms with E-state index in [1.807, 2.05) is 6.92 Å². The molecule has 0 aliphatic carbocycles. The summed E-state index contributed by atoms with van der Waals surface area (Å²) in [5.74, 6) is -0.132. The zero-order chi connectivity index (χ0) is 12.8. The fourth-order valence-electron chi connectivity index (χ4n) is 1.32. The van der Waals surface area contributed by atoms with Crippen molar-refractivity contribution in [3.05, 3.63) is 35.4 Å². The van der Waals surface area contributed by atoms with Crippen molar-refractivity contribution in [1.29, 1.82) is 0 Å². The molecule has 0 spiro atoms. The number of nitrogens with two attached hydrogens (primary N) is 1. The van der Waals surface area contributed by atoms with Gasteiger partial charge < -0.3 is 16.4 Å². The van der Waals surface area contributed by atoms with E-state index in [0.29, 0.717) is 29.4 Å². The molecule has 4 nitrogen and oxygen atoms in total. The summed E-state index contributed by atoms with van der Waals surface area (Å²) in [4.78, 5) is 11.6. The third kappa shape index (κ3) is 4.00. The van der Waals surface area contributed by atoms with Crippen LogP contribution in [0.15, 0.2) is 29.8 Å². The van der Waals surface area contributed by atoms with Crippen LogP contribution in [-0.2, 0) is 0 Å². The molecule has 0 unspecified atom stereocenters. The van der Waals surface area contributed by atoms with Crippen LogP contribution in [0, 0.1) is 0 Å². The summed E-state index contributed by atoms with van der Waals surface area (Å²) in [6, 6.07) is 5.09. The lowest BCUT2D eigenvalue weighted by Gasteiger charge is -2.10. The minimum atomic E-state index is -0.132. The lowest BCUT2D eigenvalue weighted by atomic mass is 10.1. The van der Waals surface area contributed by atoms with Crippen LogP contribution in [0.2, 0.25) is 0 Å². The third-order valence-corrected chi connectivity index (χ3v) is 2.26. The molecule has 5 heteroatoms. The van der Waals surface area contributed by atoms with Crippen molar-refractivity contribution in [3.63, 3.8) is 0 Å².